The average molecular weight is 288 g/mol. The van der Waals surface area contributed by atoms with Crippen molar-refractivity contribution in [2.75, 3.05) is 11.1 Å². The summed E-state index contributed by atoms with van der Waals surface area (Å²) in [5.74, 6) is -0.249. The van der Waals surface area contributed by atoms with Crippen molar-refractivity contribution in [3.05, 3.63) is 34.1 Å². The fraction of sp³-hybridized carbons (Fsp3) is 0.357. The summed E-state index contributed by atoms with van der Waals surface area (Å²) in [5, 5.41) is 3.48. The van der Waals surface area contributed by atoms with Crippen LogP contribution in [0.25, 0.3) is 0 Å². The number of thiazole rings is 1. The molecule has 0 saturated heterocycles. The van der Waals surface area contributed by atoms with Gasteiger partial charge in [-0.3, -0.25) is 15.1 Å². The fourth-order valence-electron chi connectivity index (χ4n) is 2.34. The summed E-state index contributed by atoms with van der Waals surface area (Å²) in [4.78, 5) is 22.1. The SMILES string of the molecule is Cc1cc(N)c(C(=O)Nc2nc3c(s2)CCCC3)cn1. The normalized spacial score (nSPS) is 13.8. The molecule has 1 amide bonds. The van der Waals surface area contributed by atoms with Crippen LogP contribution in [0.3, 0.4) is 0 Å². The first kappa shape index (κ1) is 13.1. The third-order valence-corrected chi connectivity index (χ3v) is 4.46. The molecule has 0 spiro atoms. The summed E-state index contributed by atoms with van der Waals surface area (Å²) in [5.41, 5.74) is 8.62. The van der Waals surface area contributed by atoms with Crippen LogP contribution < -0.4 is 11.1 Å². The number of hydrogen-bond donors (Lipinski definition) is 2. The van der Waals surface area contributed by atoms with Gasteiger partial charge in [0.1, 0.15) is 0 Å². The Kier molecular flexibility index (Phi) is 3.40. The van der Waals surface area contributed by atoms with Crippen molar-refractivity contribution in [2.45, 2.75) is 32.6 Å². The summed E-state index contributed by atoms with van der Waals surface area (Å²) in [6.45, 7) is 1.84. The van der Waals surface area contributed by atoms with E-state index in [1.54, 1.807) is 17.4 Å². The molecule has 1 aliphatic rings. The number of carbonyl (C=O) groups is 1. The fourth-order valence-corrected chi connectivity index (χ4v) is 3.39. The van der Waals surface area contributed by atoms with E-state index in [9.17, 15) is 4.79 Å². The van der Waals surface area contributed by atoms with Gasteiger partial charge in [0.05, 0.1) is 11.3 Å². The van der Waals surface area contributed by atoms with Crippen molar-refractivity contribution in [1.82, 2.24) is 9.97 Å². The number of aromatic nitrogens is 2. The van der Waals surface area contributed by atoms with Gasteiger partial charge in [0, 0.05) is 22.5 Å². The lowest BCUT2D eigenvalue weighted by Gasteiger charge is -2.06. The summed E-state index contributed by atoms with van der Waals surface area (Å²) < 4.78 is 0. The molecule has 5 nitrogen and oxygen atoms in total. The Balaban J connectivity index is 1.80. The average Bonchev–Trinajstić information content (AvgIpc) is 2.80. The molecular weight excluding hydrogens is 272 g/mol. The first-order valence-electron chi connectivity index (χ1n) is 6.65. The lowest BCUT2D eigenvalue weighted by atomic mass is 10.0. The molecule has 20 heavy (non-hydrogen) atoms. The minimum Gasteiger partial charge on any atom is -0.398 e. The molecule has 0 fully saturated rings. The largest absolute Gasteiger partial charge is 0.398 e. The van der Waals surface area contributed by atoms with Crippen LogP contribution in [0, 0.1) is 6.92 Å². The van der Waals surface area contributed by atoms with E-state index in [1.165, 1.54) is 23.9 Å². The monoisotopic (exact) mass is 288 g/mol. The molecule has 104 valence electrons. The Labute approximate surface area is 121 Å². The molecule has 2 aromatic rings. The van der Waals surface area contributed by atoms with Crippen molar-refractivity contribution in [1.29, 1.82) is 0 Å². The van der Waals surface area contributed by atoms with Gasteiger partial charge in [-0.05, 0) is 38.7 Å². The Morgan fingerprint density at radius 3 is 2.95 bits per heavy atom. The lowest BCUT2D eigenvalue weighted by Crippen LogP contribution is -2.14. The van der Waals surface area contributed by atoms with Crippen LogP contribution in [-0.2, 0) is 12.8 Å². The molecule has 0 aliphatic heterocycles. The number of nitrogen functional groups attached to an aromatic ring is 1. The number of anilines is 2. The van der Waals surface area contributed by atoms with Crippen LogP contribution in [0.1, 0.15) is 39.5 Å². The first-order valence-corrected chi connectivity index (χ1v) is 7.47. The van der Waals surface area contributed by atoms with E-state index in [4.69, 9.17) is 5.73 Å². The van der Waals surface area contributed by atoms with E-state index in [0.29, 0.717) is 16.4 Å². The second-order valence-electron chi connectivity index (χ2n) is 4.96. The predicted octanol–water partition coefficient (Wildman–Crippen LogP) is 2.56. The maximum Gasteiger partial charge on any atom is 0.261 e. The minimum absolute atomic E-state index is 0.249. The number of carbonyl (C=O) groups excluding carboxylic acids is 1. The highest BCUT2D eigenvalue weighted by Crippen LogP contribution is 2.29. The van der Waals surface area contributed by atoms with E-state index in [2.05, 4.69) is 15.3 Å². The highest BCUT2D eigenvalue weighted by Gasteiger charge is 2.17. The van der Waals surface area contributed by atoms with E-state index >= 15 is 0 Å². The molecule has 0 aromatic carbocycles. The molecule has 0 atom stereocenters. The van der Waals surface area contributed by atoms with E-state index in [0.717, 1.165) is 24.2 Å². The second-order valence-corrected chi connectivity index (χ2v) is 6.05. The van der Waals surface area contributed by atoms with Gasteiger partial charge in [-0.1, -0.05) is 0 Å². The number of fused-ring (bicyclic) bond motifs is 1. The Morgan fingerprint density at radius 2 is 2.20 bits per heavy atom. The maximum absolute atomic E-state index is 12.2. The summed E-state index contributed by atoms with van der Waals surface area (Å²) in [6.07, 6.45) is 5.97. The Bertz CT molecular complexity index is 642. The Morgan fingerprint density at radius 1 is 1.40 bits per heavy atom. The van der Waals surface area contributed by atoms with Crippen LogP contribution in [0.15, 0.2) is 12.3 Å². The molecular formula is C14H16N4OS. The zero-order valence-corrected chi connectivity index (χ0v) is 12.1. The molecule has 1 aliphatic carbocycles. The van der Waals surface area contributed by atoms with Crippen molar-refractivity contribution >= 4 is 28.1 Å². The van der Waals surface area contributed by atoms with Crippen LogP contribution in [-0.4, -0.2) is 15.9 Å². The zero-order valence-electron chi connectivity index (χ0n) is 11.3. The third kappa shape index (κ3) is 2.51. The third-order valence-electron chi connectivity index (χ3n) is 3.38. The van der Waals surface area contributed by atoms with Crippen molar-refractivity contribution < 1.29 is 4.79 Å². The minimum atomic E-state index is -0.249. The van der Waals surface area contributed by atoms with Gasteiger partial charge in [-0.25, -0.2) is 4.98 Å². The maximum atomic E-state index is 12.2. The molecule has 0 radical (unpaired) electrons. The number of amides is 1. The standard InChI is InChI=1S/C14H16N4OS/c1-8-6-10(15)9(7-16-8)13(19)18-14-17-11-4-2-3-5-12(11)20-14/h6-7H,2-5H2,1H3,(H2,15,16)(H,17,18,19). The number of pyridine rings is 1. The highest BCUT2D eigenvalue weighted by atomic mass is 32.1. The number of rotatable bonds is 2. The summed E-state index contributed by atoms with van der Waals surface area (Å²) in [7, 11) is 0. The first-order chi connectivity index (χ1) is 9.63. The number of nitrogens with zero attached hydrogens (tertiary/aromatic N) is 2. The van der Waals surface area contributed by atoms with Gasteiger partial charge in [-0.15, -0.1) is 11.3 Å². The number of hydrogen-bond acceptors (Lipinski definition) is 5. The van der Waals surface area contributed by atoms with E-state index in [-0.39, 0.29) is 5.91 Å². The van der Waals surface area contributed by atoms with Gasteiger partial charge in [0.25, 0.3) is 5.91 Å². The van der Waals surface area contributed by atoms with Gasteiger partial charge >= 0.3 is 0 Å². The molecule has 0 saturated carbocycles. The van der Waals surface area contributed by atoms with Crippen molar-refractivity contribution in [3.8, 4) is 0 Å². The Hall–Kier alpha value is -1.95. The quantitative estimate of drug-likeness (QED) is 0.890. The van der Waals surface area contributed by atoms with Gasteiger partial charge < -0.3 is 5.73 Å². The smallest absolute Gasteiger partial charge is 0.261 e. The van der Waals surface area contributed by atoms with Gasteiger partial charge in [0.15, 0.2) is 5.13 Å². The summed E-state index contributed by atoms with van der Waals surface area (Å²) in [6, 6.07) is 1.70. The van der Waals surface area contributed by atoms with Gasteiger partial charge in [-0.2, -0.15) is 0 Å². The molecule has 2 heterocycles. The lowest BCUT2D eigenvalue weighted by molar-refractivity contribution is 0.102. The van der Waals surface area contributed by atoms with E-state index < -0.39 is 0 Å². The number of nitrogens with one attached hydrogen (secondary N) is 1. The van der Waals surface area contributed by atoms with Crippen LogP contribution in [0.2, 0.25) is 0 Å². The molecule has 3 N–H and O–H groups in total. The topological polar surface area (TPSA) is 80.9 Å². The zero-order chi connectivity index (χ0) is 14.1. The van der Waals surface area contributed by atoms with Crippen LogP contribution in [0.5, 0.6) is 0 Å². The molecule has 3 rings (SSSR count). The molecule has 0 bridgehead atoms. The predicted molar refractivity (Wildman–Crippen MR) is 80.1 cm³/mol. The van der Waals surface area contributed by atoms with Crippen molar-refractivity contribution in [2.24, 2.45) is 0 Å². The number of nitrogens with two attached hydrogens (primary N) is 1. The van der Waals surface area contributed by atoms with E-state index in [1.807, 2.05) is 6.92 Å². The van der Waals surface area contributed by atoms with Gasteiger partial charge in [0.2, 0.25) is 0 Å². The summed E-state index contributed by atoms with van der Waals surface area (Å²) >= 11 is 1.56. The molecule has 0 unspecified atom stereocenters. The highest BCUT2D eigenvalue weighted by molar-refractivity contribution is 7.15. The molecule has 2 aromatic heterocycles. The molecule has 6 heteroatoms. The second kappa shape index (κ2) is 5.20. The number of aryl methyl sites for hydroxylation is 3. The van der Waals surface area contributed by atoms with Crippen LogP contribution >= 0.6 is 11.3 Å². The van der Waals surface area contributed by atoms with Crippen LogP contribution in [0.4, 0.5) is 10.8 Å². The van der Waals surface area contributed by atoms with Crippen molar-refractivity contribution in [3.63, 3.8) is 0 Å².